The molecule has 0 aliphatic heterocycles. The molecule has 1 atom stereocenters. The fourth-order valence-corrected chi connectivity index (χ4v) is 2.74. The number of amides is 1. The predicted octanol–water partition coefficient (Wildman–Crippen LogP) is 3.62. The molecule has 2 aromatic rings. The quantitative estimate of drug-likeness (QED) is 0.907. The van der Waals surface area contributed by atoms with Crippen LogP contribution in [0, 0.1) is 12.8 Å². The molecule has 0 fully saturated rings. The number of nitrogens with two attached hydrogens (primary N) is 1. The van der Waals surface area contributed by atoms with E-state index in [1.807, 2.05) is 6.92 Å². The Kier molecular flexibility index (Phi) is 3.69. The van der Waals surface area contributed by atoms with Crippen LogP contribution in [0.5, 0.6) is 5.75 Å². The molecule has 1 unspecified atom stereocenters. The van der Waals surface area contributed by atoms with Gasteiger partial charge in [-0.05, 0) is 31.9 Å². The lowest BCUT2D eigenvalue weighted by Gasteiger charge is -2.21. The van der Waals surface area contributed by atoms with Crippen molar-refractivity contribution in [3.63, 3.8) is 0 Å². The Bertz CT molecular complexity index is 689. The monoisotopic (exact) mass is 294 g/mol. The van der Waals surface area contributed by atoms with E-state index in [0.717, 1.165) is 11.2 Å². The molecule has 0 bridgehead atoms. The third-order valence-corrected chi connectivity index (χ3v) is 4.24. The minimum Gasteiger partial charge on any atom is -0.506 e. The molecule has 0 saturated heterocycles. The third kappa shape index (κ3) is 2.14. The van der Waals surface area contributed by atoms with Crippen molar-refractivity contribution < 1.29 is 9.90 Å². The van der Waals surface area contributed by atoms with Gasteiger partial charge in [0.2, 0.25) is 0 Å². The van der Waals surface area contributed by atoms with Gasteiger partial charge < -0.3 is 15.4 Å². The SMILES string of the molecule is Cc1c(C(N)=O)c2cc(O)c(Cl)cc2n1C(C)C(C)C. The van der Waals surface area contributed by atoms with E-state index >= 15 is 0 Å². The number of phenolic OH excluding ortho intramolecular Hbond substituents is 1. The lowest BCUT2D eigenvalue weighted by atomic mass is 10.1. The van der Waals surface area contributed by atoms with Gasteiger partial charge in [-0.3, -0.25) is 4.79 Å². The van der Waals surface area contributed by atoms with E-state index < -0.39 is 5.91 Å². The van der Waals surface area contributed by atoms with Crippen LogP contribution < -0.4 is 5.73 Å². The zero-order chi connectivity index (χ0) is 15.2. The number of hydrogen-bond donors (Lipinski definition) is 2. The van der Waals surface area contributed by atoms with Crippen molar-refractivity contribution in [3.05, 3.63) is 28.4 Å². The van der Waals surface area contributed by atoms with Crippen LogP contribution in [0.3, 0.4) is 0 Å². The highest BCUT2D eigenvalue weighted by Crippen LogP contribution is 2.36. The summed E-state index contributed by atoms with van der Waals surface area (Å²) in [7, 11) is 0. The number of carbonyl (C=O) groups is 1. The second-order valence-electron chi connectivity index (χ2n) is 5.50. The van der Waals surface area contributed by atoms with Crippen molar-refractivity contribution in [1.29, 1.82) is 0 Å². The van der Waals surface area contributed by atoms with E-state index in [1.165, 1.54) is 6.07 Å². The Morgan fingerprint density at radius 2 is 1.95 bits per heavy atom. The number of carbonyl (C=O) groups excluding carboxylic acids is 1. The number of aromatic hydroxyl groups is 1. The minimum atomic E-state index is -0.496. The molecule has 4 nitrogen and oxygen atoms in total. The van der Waals surface area contributed by atoms with Gasteiger partial charge in [0.1, 0.15) is 5.75 Å². The lowest BCUT2D eigenvalue weighted by Crippen LogP contribution is -2.16. The summed E-state index contributed by atoms with van der Waals surface area (Å²) in [5, 5.41) is 10.7. The number of aromatic nitrogens is 1. The molecular weight excluding hydrogens is 276 g/mol. The Morgan fingerprint density at radius 3 is 2.45 bits per heavy atom. The number of halogens is 1. The molecule has 20 heavy (non-hydrogen) atoms. The Hall–Kier alpha value is -1.68. The van der Waals surface area contributed by atoms with Gasteiger partial charge in [0, 0.05) is 17.1 Å². The highest BCUT2D eigenvalue weighted by atomic mass is 35.5. The number of nitrogens with zero attached hydrogens (tertiary/aromatic N) is 1. The molecule has 2 rings (SSSR count). The van der Waals surface area contributed by atoms with E-state index in [0.29, 0.717) is 16.9 Å². The fourth-order valence-electron chi connectivity index (χ4n) is 2.58. The minimum absolute atomic E-state index is 0.0454. The van der Waals surface area contributed by atoms with Gasteiger partial charge in [-0.15, -0.1) is 0 Å². The van der Waals surface area contributed by atoms with Crippen molar-refractivity contribution in [2.24, 2.45) is 11.7 Å². The van der Waals surface area contributed by atoms with Crippen LogP contribution in [0.1, 0.15) is 42.9 Å². The van der Waals surface area contributed by atoms with E-state index in [9.17, 15) is 9.90 Å². The van der Waals surface area contributed by atoms with Gasteiger partial charge >= 0.3 is 0 Å². The van der Waals surface area contributed by atoms with Gasteiger partial charge in [-0.1, -0.05) is 25.4 Å². The predicted molar refractivity (Wildman–Crippen MR) is 81.4 cm³/mol. The topological polar surface area (TPSA) is 68.2 Å². The van der Waals surface area contributed by atoms with Crippen molar-refractivity contribution in [2.45, 2.75) is 33.7 Å². The second kappa shape index (κ2) is 5.02. The van der Waals surface area contributed by atoms with Gasteiger partial charge in [0.15, 0.2) is 0 Å². The smallest absolute Gasteiger partial charge is 0.251 e. The normalized spacial score (nSPS) is 13.1. The van der Waals surface area contributed by atoms with Crippen LogP contribution in [0.15, 0.2) is 12.1 Å². The summed E-state index contributed by atoms with van der Waals surface area (Å²) in [6.45, 7) is 8.18. The molecular formula is C15H19ClN2O2. The van der Waals surface area contributed by atoms with Crippen LogP contribution in [0.4, 0.5) is 0 Å². The number of hydrogen-bond acceptors (Lipinski definition) is 2. The first-order valence-corrected chi connectivity index (χ1v) is 6.96. The van der Waals surface area contributed by atoms with Crippen molar-refractivity contribution in [1.82, 2.24) is 4.57 Å². The largest absolute Gasteiger partial charge is 0.506 e. The molecule has 5 heteroatoms. The zero-order valence-electron chi connectivity index (χ0n) is 12.1. The second-order valence-corrected chi connectivity index (χ2v) is 5.91. The van der Waals surface area contributed by atoms with E-state index in [1.54, 1.807) is 6.07 Å². The first-order chi connectivity index (χ1) is 9.25. The number of benzene rings is 1. The summed E-state index contributed by atoms with van der Waals surface area (Å²) in [6, 6.07) is 3.38. The van der Waals surface area contributed by atoms with Crippen molar-refractivity contribution in [2.75, 3.05) is 0 Å². The lowest BCUT2D eigenvalue weighted by molar-refractivity contribution is 0.100. The van der Waals surface area contributed by atoms with Gasteiger partial charge in [0.25, 0.3) is 5.91 Å². The maximum atomic E-state index is 11.7. The number of primary amides is 1. The van der Waals surface area contributed by atoms with Crippen molar-refractivity contribution in [3.8, 4) is 5.75 Å². The van der Waals surface area contributed by atoms with Gasteiger partial charge in [0.05, 0.1) is 16.1 Å². The fraction of sp³-hybridized carbons (Fsp3) is 0.400. The summed E-state index contributed by atoms with van der Waals surface area (Å²) in [5.74, 6) is -0.155. The van der Waals surface area contributed by atoms with Gasteiger partial charge in [-0.2, -0.15) is 0 Å². The molecule has 108 valence electrons. The highest BCUT2D eigenvalue weighted by molar-refractivity contribution is 6.33. The molecule has 0 saturated carbocycles. The Balaban J connectivity index is 2.90. The van der Waals surface area contributed by atoms with Crippen LogP contribution >= 0.6 is 11.6 Å². The molecule has 1 aromatic heterocycles. The van der Waals surface area contributed by atoms with Gasteiger partial charge in [-0.25, -0.2) is 0 Å². The van der Waals surface area contributed by atoms with Crippen LogP contribution in [-0.2, 0) is 0 Å². The number of phenols is 1. The molecule has 0 aliphatic rings. The molecule has 3 N–H and O–H groups in total. The average Bonchev–Trinajstić information content (AvgIpc) is 2.60. The summed E-state index contributed by atoms with van der Waals surface area (Å²) < 4.78 is 2.06. The first-order valence-electron chi connectivity index (χ1n) is 6.58. The van der Waals surface area contributed by atoms with Crippen LogP contribution in [0.25, 0.3) is 10.9 Å². The summed E-state index contributed by atoms with van der Waals surface area (Å²) >= 11 is 6.01. The van der Waals surface area contributed by atoms with Crippen LogP contribution in [-0.4, -0.2) is 15.6 Å². The maximum absolute atomic E-state index is 11.7. The molecule has 1 amide bonds. The molecule has 0 aliphatic carbocycles. The Labute approximate surface area is 123 Å². The maximum Gasteiger partial charge on any atom is 0.251 e. The molecule has 0 spiro atoms. The summed E-state index contributed by atoms with van der Waals surface area (Å²) in [6.07, 6.45) is 0. The first kappa shape index (κ1) is 14.7. The average molecular weight is 295 g/mol. The number of fused-ring (bicyclic) bond motifs is 1. The van der Waals surface area contributed by atoms with Crippen LogP contribution in [0.2, 0.25) is 5.02 Å². The third-order valence-electron chi connectivity index (χ3n) is 3.94. The molecule has 1 heterocycles. The molecule has 0 radical (unpaired) electrons. The standard InChI is InChI=1S/C15H19ClN2O2/c1-7(2)8(3)18-9(4)14(15(17)20)10-5-13(19)11(16)6-12(10)18/h5-8,19H,1-4H3,(H2,17,20). The Morgan fingerprint density at radius 1 is 1.35 bits per heavy atom. The number of rotatable bonds is 3. The molecule has 1 aromatic carbocycles. The van der Waals surface area contributed by atoms with Crippen molar-refractivity contribution >= 4 is 28.4 Å². The van der Waals surface area contributed by atoms with E-state index in [4.69, 9.17) is 17.3 Å². The summed E-state index contributed by atoms with van der Waals surface area (Å²) in [5.41, 5.74) is 7.56. The van der Waals surface area contributed by atoms with E-state index in [-0.39, 0.29) is 16.8 Å². The highest BCUT2D eigenvalue weighted by Gasteiger charge is 2.23. The van der Waals surface area contributed by atoms with E-state index in [2.05, 4.69) is 25.3 Å². The summed E-state index contributed by atoms with van der Waals surface area (Å²) in [4.78, 5) is 11.7. The zero-order valence-corrected chi connectivity index (χ0v) is 12.8.